The molecule has 3 saturated carbocycles. The second-order valence-electron chi connectivity index (χ2n) is 6.44. The molecule has 0 aromatic heterocycles. The molecule has 0 unspecified atom stereocenters. The predicted molar refractivity (Wildman–Crippen MR) is 78.5 cm³/mol. The molecule has 0 atom stereocenters. The molecule has 19 heavy (non-hydrogen) atoms. The van der Waals surface area contributed by atoms with E-state index < -0.39 is 0 Å². The van der Waals surface area contributed by atoms with Crippen LogP contribution in [0.25, 0.3) is 10.8 Å². The molecule has 0 heterocycles. The van der Waals surface area contributed by atoms with E-state index in [0.717, 1.165) is 11.3 Å². The highest BCUT2D eigenvalue weighted by Gasteiger charge is 2.42. The Morgan fingerprint density at radius 1 is 0.842 bits per heavy atom. The standard InChI is InChI=1S/C18H20O/c19-17-6-5-16(14-3-1-2-4-15(14)17)18-10-7-13(8-11-18)9-12-18/h1-6,13,19H,7-12H2. The van der Waals surface area contributed by atoms with E-state index in [9.17, 15) is 5.11 Å². The van der Waals surface area contributed by atoms with Crippen molar-refractivity contribution in [2.45, 2.75) is 43.9 Å². The quantitative estimate of drug-likeness (QED) is 0.775. The van der Waals surface area contributed by atoms with Gasteiger partial charge in [0.2, 0.25) is 0 Å². The van der Waals surface area contributed by atoms with Gasteiger partial charge in [0.15, 0.2) is 0 Å². The number of phenolic OH excluding ortho intramolecular Hbond substituents is 1. The molecule has 1 heteroatoms. The second kappa shape index (κ2) is 4.00. The van der Waals surface area contributed by atoms with Gasteiger partial charge in [-0.2, -0.15) is 0 Å². The van der Waals surface area contributed by atoms with Crippen LogP contribution in [0.1, 0.15) is 44.1 Å². The summed E-state index contributed by atoms with van der Waals surface area (Å²) < 4.78 is 0. The number of phenols is 1. The highest BCUT2D eigenvalue weighted by molar-refractivity contribution is 5.91. The highest BCUT2D eigenvalue weighted by atomic mass is 16.3. The molecule has 2 aromatic carbocycles. The maximum absolute atomic E-state index is 10.1. The van der Waals surface area contributed by atoms with Crippen molar-refractivity contribution in [2.24, 2.45) is 5.92 Å². The van der Waals surface area contributed by atoms with Gasteiger partial charge < -0.3 is 5.11 Å². The molecule has 1 nitrogen and oxygen atoms in total. The number of rotatable bonds is 1. The fourth-order valence-electron chi connectivity index (χ4n) is 4.40. The largest absolute Gasteiger partial charge is 0.507 e. The molecule has 0 radical (unpaired) electrons. The first kappa shape index (κ1) is 11.3. The topological polar surface area (TPSA) is 20.2 Å². The lowest BCUT2D eigenvalue weighted by Crippen LogP contribution is -2.37. The van der Waals surface area contributed by atoms with Crippen molar-refractivity contribution in [2.75, 3.05) is 0 Å². The van der Waals surface area contributed by atoms with Crippen LogP contribution in [0, 0.1) is 5.92 Å². The van der Waals surface area contributed by atoms with Crippen LogP contribution in [0.4, 0.5) is 0 Å². The SMILES string of the molecule is Oc1ccc(C23CCC(CC2)CC3)c2ccccc12. The molecule has 3 aliphatic rings. The molecule has 0 amide bonds. The number of hydrogen-bond donors (Lipinski definition) is 1. The fourth-order valence-corrected chi connectivity index (χ4v) is 4.40. The van der Waals surface area contributed by atoms with Gasteiger partial charge in [-0.3, -0.25) is 0 Å². The van der Waals surface area contributed by atoms with Gasteiger partial charge in [0.25, 0.3) is 0 Å². The van der Waals surface area contributed by atoms with Crippen LogP contribution >= 0.6 is 0 Å². The Labute approximate surface area is 114 Å². The van der Waals surface area contributed by atoms with E-state index in [1.165, 1.54) is 49.5 Å². The van der Waals surface area contributed by atoms with Crippen molar-refractivity contribution in [1.82, 2.24) is 0 Å². The third kappa shape index (κ3) is 1.60. The molecule has 3 fully saturated rings. The van der Waals surface area contributed by atoms with Crippen molar-refractivity contribution in [3.63, 3.8) is 0 Å². The summed E-state index contributed by atoms with van der Waals surface area (Å²) in [6.07, 6.45) is 8.21. The van der Waals surface area contributed by atoms with Crippen LogP contribution < -0.4 is 0 Å². The average molecular weight is 252 g/mol. The van der Waals surface area contributed by atoms with Gasteiger partial charge in [-0.15, -0.1) is 0 Å². The Morgan fingerprint density at radius 2 is 1.47 bits per heavy atom. The molecular weight excluding hydrogens is 232 g/mol. The first-order valence-corrected chi connectivity index (χ1v) is 7.50. The van der Waals surface area contributed by atoms with Crippen LogP contribution in [0.2, 0.25) is 0 Å². The van der Waals surface area contributed by atoms with Crippen molar-refractivity contribution >= 4 is 10.8 Å². The average Bonchev–Trinajstić information content (AvgIpc) is 2.49. The van der Waals surface area contributed by atoms with E-state index in [2.05, 4.69) is 18.2 Å². The van der Waals surface area contributed by atoms with Crippen molar-refractivity contribution in [3.05, 3.63) is 42.0 Å². The van der Waals surface area contributed by atoms with E-state index in [0.29, 0.717) is 11.2 Å². The van der Waals surface area contributed by atoms with E-state index in [4.69, 9.17) is 0 Å². The van der Waals surface area contributed by atoms with Crippen LogP contribution in [-0.2, 0) is 5.41 Å². The zero-order valence-electron chi connectivity index (χ0n) is 11.2. The Hall–Kier alpha value is -1.50. The van der Waals surface area contributed by atoms with Crippen LogP contribution in [0.15, 0.2) is 36.4 Å². The van der Waals surface area contributed by atoms with Gasteiger partial charge >= 0.3 is 0 Å². The lowest BCUT2D eigenvalue weighted by molar-refractivity contribution is 0.137. The van der Waals surface area contributed by atoms with Crippen molar-refractivity contribution < 1.29 is 5.11 Å². The van der Waals surface area contributed by atoms with Crippen LogP contribution in [-0.4, -0.2) is 5.11 Å². The summed E-state index contributed by atoms with van der Waals surface area (Å²) in [7, 11) is 0. The number of benzene rings is 2. The normalized spacial score (nSPS) is 29.8. The molecule has 3 aliphatic carbocycles. The van der Waals surface area contributed by atoms with Crippen molar-refractivity contribution in [3.8, 4) is 5.75 Å². The molecule has 2 bridgehead atoms. The van der Waals surface area contributed by atoms with Crippen molar-refractivity contribution in [1.29, 1.82) is 0 Å². The summed E-state index contributed by atoms with van der Waals surface area (Å²) in [4.78, 5) is 0. The van der Waals surface area contributed by atoms with Gasteiger partial charge in [0.05, 0.1) is 0 Å². The molecular formula is C18H20O. The molecule has 5 rings (SSSR count). The Balaban J connectivity index is 1.93. The van der Waals surface area contributed by atoms with Gasteiger partial charge in [-0.1, -0.05) is 30.3 Å². The molecule has 0 aliphatic heterocycles. The molecule has 1 N–H and O–H groups in total. The predicted octanol–water partition coefficient (Wildman–Crippen LogP) is 4.77. The lowest BCUT2D eigenvalue weighted by atomic mass is 9.57. The summed E-state index contributed by atoms with van der Waals surface area (Å²) in [5.74, 6) is 1.41. The maximum atomic E-state index is 10.1. The summed E-state index contributed by atoms with van der Waals surface area (Å²) in [6, 6.07) is 12.4. The second-order valence-corrected chi connectivity index (χ2v) is 6.44. The minimum atomic E-state index is 0.391. The third-order valence-corrected chi connectivity index (χ3v) is 5.57. The minimum Gasteiger partial charge on any atom is -0.507 e. The number of aromatic hydroxyl groups is 1. The number of hydrogen-bond acceptors (Lipinski definition) is 1. The molecule has 98 valence electrons. The third-order valence-electron chi connectivity index (χ3n) is 5.57. The molecule has 0 spiro atoms. The van der Waals surface area contributed by atoms with Gasteiger partial charge in [-0.05, 0) is 66.9 Å². The summed E-state index contributed by atoms with van der Waals surface area (Å²) in [6.45, 7) is 0. The fraction of sp³-hybridized carbons (Fsp3) is 0.444. The van der Waals surface area contributed by atoms with Gasteiger partial charge in [0.1, 0.15) is 5.75 Å². The first-order chi connectivity index (χ1) is 9.28. The van der Waals surface area contributed by atoms with Gasteiger partial charge in [-0.25, -0.2) is 0 Å². The van der Waals surface area contributed by atoms with E-state index in [-0.39, 0.29) is 0 Å². The summed E-state index contributed by atoms with van der Waals surface area (Å²) in [5, 5.41) is 12.3. The minimum absolute atomic E-state index is 0.391. The van der Waals surface area contributed by atoms with E-state index in [1.807, 2.05) is 18.2 Å². The lowest BCUT2D eigenvalue weighted by Gasteiger charge is -2.47. The Kier molecular flexibility index (Phi) is 2.38. The maximum Gasteiger partial charge on any atom is 0.123 e. The Bertz CT molecular complexity index is 607. The number of fused-ring (bicyclic) bond motifs is 4. The molecule has 2 aromatic rings. The summed E-state index contributed by atoms with van der Waals surface area (Å²) >= 11 is 0. The molecule has 0 saturated heterocycles. The highest BCUT2D eigenvalue weighted by Crippen LogP contribution is 2.53. The zero-order valence-corrected chi connectivity index (χ0v) is 11.2. The smallest absolute Gasteiger partial charge is 0.123 e. The summed E-state index contributed by atoms with van der Waals surface area (Å²) in [5.41, 5.74) is 1.88. The zero-order chi connectivity index (χ0) is 12.9. The van der Waals surface area contributed by atoms with Crippen LogP contribution in [0.3, 0.4) is 0 Å². The first-order valence-electron chi connectivity index (χ1n) is 7.50. The van der Waals surface area contributed by atoms with E-state index >= 15 is 0 Å². The van der Waals surface area contributed by atoms with E-state index in [1.54, 1.807) is 0 Å². The van der Waals surface area contributed by atoms with Gasteiger partial charge in [0, 0.05) is 5.39 Å². The van der Waals surface area contributed by atoms with Crippen LogP contribution in [0.5, 0.6) is 5.75 Å². The monoisotopic (exact) mass is 252 g/mol. The Morgan fingerprint density at radius 3 is 2.16 bits per heavy atom.